The lowest BCUT2D eigenvalue weighted by Crippen LogP contribution is -2.57. The number of ether oxygens (including phenoxy) is 1. The van der Waals surface area contributed by atoms with Crippen LogP contribution >= 0.6 is 0 Å². The summed E-state index contributed by atoms with van der Waals surface area (Å²) >= 11 is 0. The Bertz CT molecular complexity index is 1030. The fourth-order valence-electron chi connectivity index (χ4n) is 3.44. The molecule has 1 saturated heterocycles. The Kier molecular flexibility index (Phi) is 7.95. The van der Waals surface area contributed by atoms with Crippen molar-refractivity contribution in [1.29, 1.82) is 0 Å². The Labute approximate surface area is 197 Å². The summed E-state index contributed by atoms with van der Waals surface area (Å²) in [5, 5.41) is 16.3. The number of carbonyl (C=O) groups is 4. The number of epoxide rings is 1. The fraction of sp³-hybridized carbons (Fsp3) is 0.375. The molecule has 2 aromatic rings. The molecule has 0 radical (unpaired) electrons. The Hall–Kier alpha value is -3.79. The van der Waals surface area contributed by atoms with E-state index in [0.29, 0.717) is 5.69 Å². The molecule has 2 heterocycles. The van der Waals surface area contributed by atoms with Gasteiger partial charge in [-0.1, -0.05) is 36.4 Å². The summed E-state index contributed by atoms with van der Waals surface area (Å²) in [6, 6.07) is 11.4. The molecule has 180 valence electrons. The lowest BCUT2D eigenvalue weighted by Gasteiger charge is -2.25. The highest BCUT2D eigenvalue weighted by Crippen LogP contribution is 2.29. The number of hydrogen-bond acceptors (Lipinski definition) is 6. The van der Waals surface area contributed by atoms with Crippen molar-refractivity contribution in [1.82, 2.24) is 20.9 Å². The number of hydrogen-bond donors (Lipinski definition) is 4. The SMILES string of the molecule is CC(NC(=O)O)C(=O)NC(Cc1ccccn1)C(=O)NC(Cc1ccccc1)C(=O)C1(C)CO1. The van der Waals surface area contributed by atoms with E-state index in [1.807, 2.05) is 30.3 Å². The topological polar surface area (TPSA) is 150 Å². The van der Waals surface area contributed by atoms with Crippen LogP contribution in [-0.2, 0) is 32.0 Å². The van der Waals surface area contributed by atoms with Gasteiger partial charge in [-0.05, 0) is 38.0 Å². The molecule has 1 aromatic heterocycles. The maximum absolute atomic E-state index is 13.3. The zero-order valence-corrected chi connectivity index (χ0v) is 19.0. The van der Waals surface area contributed by atoms with Crippen molar-refractivity contribution in [3.63, 3.8) is 0 Å². The van der Waals surface area contributed by atoms with Gasteiger partial charge in [0.25, 0.3) is 0 Å². The molecule has 3 rings (SSSR count). The number of amides is 3. The third-order valence-electron chi connectivity index (χ3n) is 5.52. The van der Waals surface area contributed by atoms with Crippen molar-refractivity contribution in [2.24, 2.45) is 0 Å². The Morgan fingerprint density at radius 3 is 2.21 bits per heavy atom. The van der Waals surface area contributed by atoms with Crippen LogP contribution in [-0.4, -0.2) is 64.1 Å². The summed E-state index contributed by atoms with van der Waals surface area (Å²) in [7, 11) is 0. The number of nitrogens with one attached hydrogen (secondary N) is 3. The summed E-state index contributed by atoms with van der Waals surface area (Å²) in [5.41, 5.74) is 0.451. The minimum atomic E-state index is -1.36. The number of nitrogens with zero attached hydrogens (tertiary/aromatic N) is 1. The molecule has 1 aliphatic rings. The van der Waals surface area contributed by atoms with E-state index in [9.17, 15) is 19.2 Å². The average molecular weight is 469 g/mol. The highest BCUT2D eigenvalue weighted by Gasteiger charge is 2.50. The molecule has 0 aliphatic carbocycles. The second-order valence-electron chi connectivity index (χ2n) is 8.39. The van der Waals surface area contributed by atoms with Gasteiger partial charge in [-0.15, -0.1) is 0 Å². The monoisotopic (exact) mass is 468 g/mol. The highest BCUT2D eigenvalue weighted by atomic mass is 16.6. The predicted molar refractivity (Wildman–Crippen MR) is 122 cm³/mol. The summed E-state index contributed by atoms with van der Waals surface area (Å²) in [5.74, 6) is -1.52. The minimum Gasteiger partial charge on any atom is -0.465 e. The first-order valence-corrected chi connectivity index (χ1v) is 10.9. The van der Waals surface area contributed by atoms with Gasteiger partial charge in [-0.3, -0.25) is 19.4 Å². The van der Waals surface area contributed by atoms with Crippen LogP contribution in [0.3, 0.4) is 0 Å². The molecule has 1 fully saturated rings. The molecule has 0 bridgehead atoms. The van der Waals surface area contributed by atoms with Gasteiger partial charge in [-0.2, -0.15) is 0 Å². The van der Waals surface area contributed by atoms with Crippen molar-refractivity contribution < 1.29 is 29.0 Å². The third-order valence-corrected chi connectivity index (χ3v) is 5.52. The largest absolute Gasteiger partial charge is 0.465 e. The number of ketones is 1. The van der Waals surface area contributed by atoms with E-state index >= 15 is 0 Å². The van der Waals surface area contributed by atoms with Gasteiger partial charge in [0.15, 0.2) is 5.78 Å². The normalized spacial score (nSPS) is 19.2. The van der Waals surface area contributed by atoms with Gasteiger partial charge < -0.3 is 25.8 Å². The van der Waals surface area contributed by atoms with E-state index in [4.69, 9.17) is 9.84 Å². The van der Waals surface area contributed by atoms with Crippen molar-refractivity contribution >= 4 is 23.7 Å². The van der Waals surface area contributed by atoms with E-state index in [1.165, 1.54) is 6.92 Å². The van der Waals surface area contributed by atoms with Crippen LogP contribution in [0.4, 0.5) is 4.79 Å². The molecule has 4 unspecified atom stereocenters. The van der Waals surface area contributed by atoms with Crippen LogP contribution in [0.15, 0.2) is 54.7 Å². The van der Waals surface area contributed by atoms with Crippen LogP contribution in [0.25, 0.3) is 0 Å². The maximum atomic E-state index is 13.3. The molecule has 0 saturated carbocycles. The number of rotatable bonds is 11. The van der Waals surface area contributed by atoms with Crippen molar-refractivity contribution in [3.8, 4) is 0 Å². The average Bonchev–Trinajstić information content (AvgIpc) is 3.57. The zero-order chi connectivity index (χ0) is 24.7. The molecule has 3 amide bonds. The molecule has 34 heavy (non-hydrogen) atoms. The number of aromatic nitrogens is 1. The summed E-state index contributed by atoms with van der Waals surface area (Å²) in [6.45, 7) is 3.32. The van der Waals surface area contributed by atoms with Crippen LogP contribution < -0.4 is 16.0 Å². The lowest BCUT2D eigenvalue weighted by molar-refractivity contribution is -0.133. The number of benzene rings is 1. The van der Waals surface area contributed by atoms with E-state index in [2.05, 4.69) is 20.9 Å². The number of carboxylic acid groups (broad SMARTS) is 1. The van der Waals surface area contributed by atoms with Crippen LogP contribution in [0.1, 0.15) is 25.1 Å². The molecule has 4 N–H and O–H groups in total. The number of pyridine rings is 1. The maximum Gasteiger partial charge on any atom is 0.405 e. The molecule has 1 aliphatic heterocycles. The highest BCUT2D eigenvalue weighted by molar-refractivity contribution is 5.98. The zero-order valence-electron chi connectivity index (χ0n) is 19.0. The lowest BCUT2D eigenvalue weighted by atomic mass is 9.94. The molecular weight excluding hydrogens is 440 g/mol. The van der Waals surface area contributed by atoms with Crippen LogP contribution in [0.5, 0.6) is 0 Å². The predicted octanol–water partition coefficient (Wildman–Crippen LogP) is 0.851. The van der Waals surface area contributed by atoms with Gasteiger partial charge in [0, 0.05) is 18.3 Å². The van der Waals surface area contributed by atoms with Gasteiger partial charge in [0.05, 0.1) is 12.6 Å². The van der Waals surface area contributed by atoms with Gasteiger partial charge in [0.1, 0.15) is 17.7 Å². The Balaban J connectivity index is 1.79. The van der Waals surface area contributed by atoms with Gasteiger partial charge >= 0.3 is 6.09 Å². The second kappa shape index (κ2) is 10.9. The van der Waals surface area contributed by atoms with Crippen molar-refractivity contribution in [2.75, 3.05) is 6.61 Å². The summed E-state index contributed by atoms with van der Waals surface area (Å²) in [4.78, 5) is 54.0. The van der Waals surface area contributed by atoms with E-state index in [0.717, 1.165) is 5.56 Å². The molecular formula is C24H28N4O6. The molecule has 0 spiro atoms. The minimum absolute atomic E-state index is 0.0538. The molecule has 1 aromatic carbocycles. The number of carbonyl (C=O) groups excluding carboxylic acids is 3. The summed E-state index contributed by atoms with van der Waals surface area (Å²) < 4.78 is 5.30. The summed E-state index contributed by atoms with van der Waals surface area (Å²) in [6.07, 6.45) is 0.511. The quantitative estimate of drug-likeness (QED) is 0.357. The second-order valence-corrected chi connectivity index (χ2v) is 8.39. The van der Waals surface area contributed by atoms with E-state index in [-0.39, 0.29) is 25.2 Å². The first kappa shape index (κ1) is 24.8. The fourth-order valence-corrected chi connectivity index (χ4v) is 3.44. The molecule has 10 heteroatoms. The van der Waals surface area contributed by atoms with E-state index in [1.54, 1.807) is 31.3 Å². The first-order chi connectivity index (χ1) is 16.2. The van der Waals surface area contributed by atoms with Gasteiger partial charge in [0.2, 0.25) is 11.8 Å². The smallest absolute Gasteiger partial charge is 0.405 e. The van der Waals surface area contributed by atoms with Crippen molar-refractivity contribution in [2.45, 2.75) is 50.4 Å². The molecule has 4 atom stereocenters. The Morgan fingerprint density at radius 2 is 1.62 bits per heavy atom. The molecule has 10 nitrogen and oxygen atoms in total. The third kappa shape index (κ3) is 6.85. The van der Waals surface area contributed by atoms with Gasteiger partial charge in [-0.25, -0.2) is 4.79 Å². The first-order valence-electron chi connectivity index (χ1n) is 10.9. The standard InChI is InChI=1S/C24H28N4O6/c1-15(26-23(32)33)21(30)28-19(13-17-10-6-7-11-25-17)22(31)27-18(20(29)24(2)14-34-24)12-16-8-4-3-5-9-16/h3-11,15,18-19,26H,12-14H2,1-2H3,(H,27,31)(H,28,30)(H,32,33). The Morgan fingerprint density at radius 1 is 0.971 bits per heavy atom. The van der Waals surface area contributed by atoms with Crippen LogP contribution in [0, 0.1) is 0 Å². The number of Topliss-reactive ketones (excluding diaryl/α,β-unsaturated/α-hetero) is 1. The van der Waals surface area contributed by atoms with Crippen LogP contribution in [0.2, 0.25) is 0 Å². The van der Waals surface area contributed by atoms with E-state index < -0.39 is 41.6 Å². The van der Waals surface area contributed by atoms with Crippen molar-refractivity contribution in [3.05, 3.63) is 66.0 Å².